The number of anilines is 1. The third-order valence-corrected chi connectivity index (χ3v) is 5.42. The fourth-order valence-corrected chi connectivity index (χ4v) is 3.74. The van der Waals surface area contributed by atoms with Gasteiger partial charge in [0.05, 0.1) is 0 Å². The lowest BCUT2D eigenvalue weighted by atomic mass is 10.2. The number of benzene rings is 2. The molecule has 1 aliphatic rings. The SMILES string of the molecule is Cc1ccc(C)c(Sc2ccc(NC(=O)COC(=O)[C@H]3CCCO3)cc2)c1. The van der Waals surface area contributed by atoms with E-state index in [4.69, 9.17) is 9.47 Å². The maximum absolute atomic E-state index is 12.0. The van der Waals surface area contributed by atoms with Crippen LogP contribution in [0.3, 0.4) is 0 Å². The molecular weight excluding hydrogens is 362 g/mol. The molecule has 1 fully saturated rings. The van der Waals surface area contributed by atoms with Crippen molar-refractivity contribution in [1.29, 1.82) is 0 Å². The Labute approximate surface area is 163 Å². The van der Waals surface area contributed by atoms with Crippen LogP contribution in [0.2, 0.25) is 0 Å². The molecule has 5 nitrogen and oxygen atoms in total. The van der Waals surface area contributed by atoms with Crippen LogP contribution in [0.25, 0.3) is 0 Å². The third-order valence-electron chi connectivity index (χ3n) is 4.25. The van der Waals surface area contributed by atoms with Crippen molar-refractivity contribution >= 4 is 29.3 Å². The lowest BCUT2D eigenvalue weighted by molar-refractivity contribution is -0.156. The van der Waals surface area contributed by atoms with Gasteiger partial charge in [0.2, 0.25) is 0 Å². The zero-order valence-electron chi connectivity index (χ0n) is 15.5. The largest absolute Gasteiger partial charge is 0.454 e. The van der Waals surface area contributed by atoms with E-state index in [2.05, 4.69) is 37.4 Å². The van der Waals surface area contributed by atoms with Crippen molar-refractivity contribution in [3.05, 3.63) is 53.6 Å². The van der Waals surface area contributed by atoms with E-state index in [1.807, 2.05) is 24.3 Å². The van der Waals surface area contributed by atoms with E-state index < -0.39 is 12.1 Å². The summed E-state index contributed by atoms with van der Waals surface area (Å²) in [6.07, 6.45) is 0.970. The zero-order valence-corrected chi connectivity index (χ0v) is 16.3. The first-order valence-corrected chi connectivity index (χ1v) is 9.76. The average Bonchev–Trinajstić information content (AvgIpc) is 3.19. The number of hydrogen-bond acceptors (Lipinski definition) is 5. The number of rotatable bonds is 6. The van der Waals surface area contributed by atoms with Gasteiger partial charge in [0.1, 0.15) is 0 Å². The number of aryl methyl sites for hydroxylation is 2. The number of hydrogen-bond donors (Lipinski definition) is 1. The summed E-state index contributed by atoms with van der Waals surface area (Å²) in [6, 6.07) is 14.0. The minimum atomic E-state index is -0.529. The molecule has 0 bridgehead atoms. The molecule has 0 radical (unpaired) electrons. The normalized spacial score (nSPS) is 16.1. The third kappa shape index (κ3) is 5.58. The fraction of sp³-hybridized carbons (Fsp3) is 0.333. The van der Waals surface area contributed by atoms with Crippen LogP contribution in [-0.4, -0.2) is 31.2 Å². The second-order valence-electron chi connectivity index (χ2n) is 6.55. The molecule has 0 unspecified atom stereocenters. The molecule has 1 amide bonds. The van der Waals surface area contributed by atoms with Crippen LogP contribution < -0.4 is 5.32 Å². The number of nitrogens with one attached hydrogen (secondary N) is 1. The first-order valence-electron chi connectivity index (χ1n) is 8.94. The zero-order chi connectivity index (χ0) is 19.2. The molecule has 6 heteroatoms. The Morgan fingerprint density at radius 2 is 1.96 bits per heavy atom. The van der Waals surface area contributed by atoms with Gasteiger partial charge in [-0.1, -0.05) is 23.9 Å². The summed E-state index contributed by atoms with van der Waals surface area (Å²) in [5, 5.41) is 2.73. The summed E-state index contributed by atoms with van der Waals surface area (Å²) in [5.41, 5.74) is 3.12. The highest BCUT2D eigenvalue weighted by Crippen LogP contribution is 2.31. The molecule has 1 heterocycles. The second kappa shape index (κ2) is 9.06. The molecule has 0 aromatic heterocycles. The van der Waals surface area contributed by atoms with Crippen molar-refractivity contribution < 1.29 is 19.1 Å². The molecule has 1 saturated heterocycles. The quantitative estimate of drug-likeness (QED) is 0.758. The highest BCUT2D eigenvalue weighted by atomic mass is 32.2. The fourth-order valence-electron chi connectivity index (χ4n) is 2.74. The molecule has 27 heavy (non-hydrogen) atoms. The van der Waals surface area contributed by atoms with Crippen molar-refractivity contribution in [2.24, 2.45) is 0 Å². The van der Waals surface area contributed by atoms with Gasteiger partial charge in [-0.15, -0.1) is 0 Å². The maximum Gasteiger partial charge on any atom is 0.335 e. The summed E-state index contributed by atoms with van der Waals surface area (Å²) in [5.74, 6) is -0.834. The highest BCUT2D eigenvalue weighted by Gasteiger charge is 2.25. The molecule has 1 atom stereocenters. The van der Waals surface area contributed by atoms with Crippen LogP contribution in [-0.2, 0) is 19.1 Å². The van der Waals surface area contributed by atoms with Gasteiger partial charge < -0.3 is 14.8 Å². The number of esters is 1. The lowest BCUT2D eigenvalue weighted by Crippen LogP contribution is -2.27. The molecule has 1 aliphatic heterocycles. The van der Waals surface area contributed by atoms with Gasteiger partial charge in [-0.3, -0.25) is 4.79 Å². The predicted octanol–water partition coefficient (Wildman–Crippen LogP) is 4.12. The van der Waals surface area contributed by atoms with Crippen molar-refractivity contribution in [2.75, 3.05) is 18.5 Å². The van der Waals surface area contributed by atoms with Crippen LogP contribution >= 0.6 is 11.8 Å². The first kappa shape index (κ1) is 19.5. The van der Waals surface area contributed by atoms with Gasteiger partial charge in [0.25, 0.3) is 5.91 Å². The smallest absolute Gasteiger partial charge is 0.335 e. The molecule has 1 N–H and O–H groups in total. The van der Waals surface area contributed by atoms with Gasteiger partial charge in [0, 0.05) is 22.1 Å². The molecule has 0 spiro atoms. The maximum atomic E-state index is 12.0. The molecule has 142 valence electrons. The molecule has 0 aliphatic carbocycles. The van der Waals surface area contributed by atoms with Crippen molar-refractivity contribution in [3.63, 3.8) is 0 Å². The summed E-state index contributed by atoms with van der Waals surface area (Å²) >= 11 is 1.69. The Morgan fingerprint density at radius 3 is 2.67 bits per heavy atom. The van der Waals surface area contributed by atoms with Crippen molar-refractivity contribution in [1.82, 2.24) is 0 Å². The Balaban J connectivity index is 1.50. The van der Waals surface area contributed by atoms with E-state index in [1.54, 1.807) is 11.8 Å². The monoisotopic (exact) mass is 385 g/mol. The minimum Gasteiger partial charge on any atom is -0.454 e. The van der Waals surface area contributed by atoms with Gasteiger partial charge >= 0.3 is 5.97 Å². The number of amides is 1. The molecule has 0 saturated carbocycles. The molecular formula is C21H23NO4S. The predicted molar refractivity (Wildman–Crippen MR) is 105 cm³/mol. The number of carbonyl (C=O) groups is 2. The highest BCUT2D eigenvalue weighted by molar-refractivity contribution is 7.99. The average molecular weight is 385 g/mol. The molecule has 2 aromatic carbocycles. The first-order chi connectivity index (χ1) is 13.0. The van der Waals surface area contributed by atoms with E-state index in [1.165, 1.54) is 16.0 Å². The molecule has 3 rings (SSSR count). The summed E-state index contributed by atoms with van der Waals surface area (Å²) in [4.78, 5) is 26.0. The van der Waals surface area contributed by atoms with Crippen LogP contribution in [0.15, 0.2) is 52.3 Å². The van der Waals surface area contributed by atoms with Crippen LogP contribution in [0.5, 0.6) is 0 Å². The van der Waals surface area contributed by atoms with E-state index in [-0.39, 0.29) is 12.5 Å². The van der Waals surface area contributed by atoms with Crippen molar-refractivity contribution in [3.8, 4) is 0 Å². The van der Waals surface area contributed by atoms with Crippen molar-refractivity contribution in [2.45, 2.75) is 42.6 Å². The minimum absolute atomic E-state index is 0.308. The Morgan fingerprint density at radius 1 is 1.19 bits per heavy atom. The van der Waals surface area contributed by atoms with E-state index in [9.17, 15) is 9.59 Å². The van der Waals surface area contributed by atoms with Crippen LogP contribution in [0, 0.1) is 13.8 Å². The van der Waals surface area contributed by atoms with E-state index >= 15 is 0 Å². The number of carbonyl (C=O) groups excluding carboxylic acids is 2. The summed E-state index contributed by atoms with van der Waals surface area (Å²) < 4.78 is 10.2. The van der Waals surface area contributed by atoms with Gasteiger partial charge in [-0.05, 0) is 68.1 Å². The Kier molecular flexibility index (Phi) is 6.53. The standard InChI is InChI=1S/C21H23NO4S/c1-14-5-6-15(2)19(12-14)27-17-9-7-16(8-10-17)22-20(23)13-26-21(24)18-4-3-11-25-18/h5-10,12,18H,3-4,11,13H2,1-2H3,(H,22,23)/t18-/m1/s1. The van der Waals surface area contributed by atoms with Gasteiger partial charge in [-0.25, -0.2) is 4.79 Å². The summed E-state index contributed by atoms with van der Waals surface area (Å²) in [7, 11) is 0. The van der Waals surface area contributed by atoms with E-state index in [0.29, 0.717) is 18.7 Å². The van der Waals surface area contributed by atoms with Gasteiger partial charge in [-0.2, -0.15) is 0 Å². The number of ether oxygens (including phenoxy) is 2. The van der Waals surface area contributed by atoms with Gasteiger partial charge in [0.15, 0.2) is 12.7 Å². The lowest BCUT2D eigenvalue weighted by Gasteiger charge is -2.10. The van der Waals surface area contributed by atoms with Crippen LogP contribution in [0.4, 0.5) is 5.69 Å². The topological polar surface area (TPSA) is 64.6 Å². The van der Waals surface area contributed by atoms with Crippen LogP contribution in [0.1, 0.15) is 24.0 Å². The van der Waals surface area contributed by atoms with E-state index in [0.717, 1.165) is 11.3 Å². The molecule has 2 aromatic rings. The Bertz CT molecular complexity index is 813. The Hall–Kier alpha value is -2.31. The second-order valence-corrected chi connectivity index (χ2v) is 7.67. The summed E-state index contributed by atoms with van der Waals surface area (Å²) in [6.45, 7) is 4.43.